The molecule has 0 saturated carbocycles. The first-order chi connectivity index (χ1) is 11.4. The first-order valence-corrected chi connectivity index (χ1v) is 8.37. The monoisotopic (exact) mass is 351 g/mol. The molecule has 0 fully saturated rings. The van der Waals surface area contributed by atoms with Crippen LogP contribution in [0.5, 0.6) is 0 Å². The predicted octanol–water partition coefficient (Wildman–Crippen LogP) is 0.906. The summed E-state index contributed by atoms with van der Waals surface area (Å²) in [5.74, 6) is 0.972. The Balaban J connectivity index is 2.22. The zero-order valence-electron chi connectivity index (χ0n) is 13.9. The Morgan fingerprint density at radius 1 is 1.42 bits per heavy atom. The van der Waals surface area contributed by atoms with E-state index in [4.69, 9.17) is 10.2 Å². The van der Waals surface area contributed by atoms with Gasteiger partial charge in [-0.1, -0.05) is 11.8 Å². The number of aromatic nitrogens is 3. The fourth-order valence-corrected chi connectivity index (χ4v) is 3.13. The van der Waals surface area contributed by atoms with Crippen LogP contribution in [0.15, 0.2) is 28.0 Å². The molecule has 130 valence electrons. The Kier molecular flexibility index (Phi) is 6.02. The smallest absolute Gasteiger partial charge is 0.235 e. The molecule has 9 heteroatoms. The largest absolute Gasteiger partial charge is 0.467 e. The van der Waals surface area contributed by atoms with Crippen molar-refractivity contribution in [3.8, 4) is 0 Å². The molecule has 2 heterocycles. The van der Waals surface area contributed by atoms with E-state index in [1.54, 1.807) is 31.3 Å². The van der Waals surface area contributed by atoms with E-state index in [1.807, 2.05) is 17.6 Å². The number of rotatable bonds is 8. The maximum atomic E-state index is 12.1. The van der Waals surface area contributed by atoms with Gasteiger partial charge in [0.2, 0.25) is 11.8 Å². The standard InChI is InChI=1S/C15H21N5O3S/c1-10(14(22)19(2)3)24-15-18-17-13(7-6-12(16)21)20(15)9-11-5-4-8-23-11/h4-5,8,10H,6-7,9H2,1-3H3,(H2,16,21)/t10-/m1/s1. The first kappa shape index (κ1) is 18.1. The van der Waals surface area contributed by atoms with E-state index in [9.17, 15) is 9.59 Å². The molecule has 24 heavy (non-hydrogen) atoms. The topological polar surface area (TPSA) is 107 Å². The number of nitrogens with two attached hydrogens (primary N) is 1. The van der Waals surface area contributed by atoms with E-state index in [0.717, 1.165) is 5.76 Å². The maximum Gasteiger partial charge on any atom is 0.235 e. The van der Waals surface area contributed by atoms with Crippen molar-refractivity contribution in [2.24, 2.45) is 5.73 Å². The summed E-state index contributed by atoms with van der Waals surface area (Å²) in [6, 6.07) is 3.65. The van der Waals surface area contributed by atoms with Crippen LogP contribution in [0.2, 0.25) is 0 Å². The number of hydrogen-bond donors (Lipinski definition) is 1. The van der Waals surface area contributed by atoms with Gasteiger partial charge in [-0.05, 0) is 19.1 Å². The van der Waals surface area contributed by atoms with Gasteiger partial charge in [0.05, 0.1) is 18.1 Å². The van der Waals surface area contributed by atoms with Crippen LogP contribution in [0.1, 0.15) is 24.9 Å². The summed E-state index contributed by atoms with van der Waals surface area (Å²) in [5, 5.41) is 8.61. The number of furan rings is 1. The van der Waals surface area contributed by atoms with E-state index in [1.165, 1.54) is 11.8 Å². The SMILES string of the molecule is C[C@@H](Sc1nnc(CCC(N)=O)n1Cc1ccco1)C(=O)N(C)C. The maximum absolute atomic E-state index is 12.1. The van der Waals surface area contributed by atoms with Gasteiger partial charge < -0.3 is 15.1 Å². The minimum Gasteiger partial charge on any atom is -0.467 e. The second-order valence-corrected chi connectivity index (χ2v) is 6.83. The van der Waals surface area contributed by atoms with E-state index >= 15 is 0 Å². The molecular weight excluding hydrogens is 330 g/mol. The molecule has 0 aliphatic carbocycles. The lowest BCUT2D eigenvalue weighted by Gasteiger charge is -2.16. The van der Waals surface area contributed by atoms with Crippen molar-refractivity contribution in [1.82, 2.24) is 19.7 Å². The predicted molar refractivity (Wildman–Crippen MR) is 89.4 cm³/mol. The number of hydrogen-bond acceptors (Lipinski definition) is 6. The summed E-state index contributed by atoms with van der Waals surface area (Å²) in [4.78, 5) is 24.6. The number of primary amides is 1. The summed E-state index contributed by atoms with van der Waals surface area (Å²) < 4.78 is 7.23. The van der Waals surface area contributed by atoms with Crippen molar-refractivity contribution >= 4 is 23.6 Å². The minimum absolute atomic E-state index is 0.00812. The van der Waals surface area contributed by atoms with Gasteiger partial charge in [-0.2, -0.15) is 0 Å². The zero-order valence-corrected chi connectivity index (χ0v) is 14.7. The number of aryl methyl sites for hydroxylation is 1. The lowest BCUT2D eigenvalue weighted by atomic mass is 10.3. The number of thioether (sulfide) groups is 1. The Labute approximate surface area is 144 Å². The van der Waals surface area contributed by atoms with Gasteiger partial charge in [-0.3, -0.25) is 14.2 Å². The van der Waals surface area contributed by atoms with Crippen LogP contribution in [-0.4, -0.2) is 50.8 Å². The van der Waals surface area contributed by atoms with E-state index in [-0.39, 0.29) is 17.6 Å². The molecule has 0 aliphatic rings. The normalized spacial score (nSPS) is 12.1. The van der Waals surface area contributed by atoms with Crippen LogP contribution in [-0.2, 0) is 22.6 Å². The minimum atomic E-state index is -0.395. The van der Waals surface area contributed by atoms with Gasteiger partial charge >= 0.3 is 0 Å². The third-order valence-corrected chi connectivity index (χ3v) is 4.42. The Morgan fingerprint density at radius 2 is 2.17 bits per heavy atom. The van der Waals surface area contributed by atoms with Crippen LogP contribution in [0.4, 0.5) is 0 Å². The van der Waals surface area contributed by atoms with Crippen LogP contribution in [0.25, 0.3) is 0 Å². The van der Waals surface area contributed by atoms with Crippen molar-refractivity contribution in [1.29, 1.82) is 0 Å². The highest BCUT2D eigenvalue weighted by Crippen LogP contribution is 2.24. The molecule has 0 radical (unpaired) electrons. The quantitative estimate of drug-likeness (QED) is 0.708. The van der Waals surface area contributed by atoms with E-state index < -0.39 is 5.91 Å². The summed E-state index contributed by atoms with van der Waals surface area (Å²) in [6.45, 7) is 2.25. The number of carbonyl (C=O) groups is 2. The third-order valence-electron chi connectivity index (χ3n) is 3.35. The highest BCUT2D eigenvalue weighted by molar-refractivity contribution is 8.00. The van der Waals surface area contributed by atoms with E-state index in [2.05, 4.69) is 10.2 Å². The van der Waals surface area contributed by atoms with Gasteiger partial charge in [0.15, 0.2) is 5.16 Å². The molecule has 0 spiro atoms. The van der Waals surface area contributed by atoms with Crippen LogP contribution >= 0.6 is 11.8 Å². The molecule has 8 nitrogen and oxygen atoms in total. The highest BCUT2D eigenvalue weighted by atomic mass is 32.2. The molecule has 1 atom stereocenters. The molecule has 2 aromatic heterocycles. The summed E-state index contributed by atoms with van der Waals surface area (Å²) in [5.41, 5.74) is 5.22. The molecule has 2 N–H and O–H groups in total. The van der Waals surface area contributed by atoms with Crippen LogP contribution in [0.3, 0.4) is 0 Å². The highest BCUT2D eigenvalue weighted by Gasteiger charge is 2.22. The lowest BCUT2D eigenvalue weighted by Crippen LogP contribution is -2.29. The van der Waals surface area contributed by atoms with Crippen LogP contribution < -0.4 is 5.73 Å². The molecule has 0 aromatic carbocycles. The van der Waals surface area contributed by atoms with Crippen molar-refractivity contribution in [3.63, 3.8) is 0 Å². The molecule has 0 aliphatic heterocycles. The van der Waals surface area contributed by atoms with Crippen molar-refractivity contribution in [3.05, 3.63) is 30.0 Å². The molecular formula is C15H21N5O3S. The van der Waals surface area contributed by atoms with Gasteiger partial charge in [-0.15, -0.1) is 10.2 Å². The van der Waals surface area contributed by atoms with Crippen molar-refractivity contribution in [2.45, 2.75) is 36.7 Å². The van der Waals surface area contributed by atoms with Gasteiger partial charge in [0.25, 0.3) is 0 Å². The molecule has 0 saturated heterocycles. The number of carbonyl (C=O) groups excluding carboxylic acids is 2. The first-order valence-electron chi connectivity index (χ1n) is 7.49. The molecule has 2 rings (SSSR count). The molecule has 0 bridgehead atoms. The fraction of sp³-hybridized carbons (Fsp3) is 0.467. The Hall–Kier alpha value is -2.29. The van der Waals surface area contributed by atoms with Crippen molar-refractivity contribution < 1.29 is 14.0 Å². The molecule has 2 aromatic rings. The number of nitrogens with zero attached hydrogens (tertiary/aromatic N) is 4. The van der Waals surface area contributed by atoms with E-state index in [0.29, 0.717) is 23.9 Å². The second-order valence-electron chi connectivity index (χ2n) is 5.52. The third kappa shape index (κ3) is 4.60. The Bertz CT molecular complexity index is 696. The van der Waals surface area contributed by atoms with Crippen LogP contribution in [0, 0.1) is 0 Å². The lowest BCUT2D eigenvalue weighted by molar-refractivity contribution is -0.127. The average molecular weight is 351 g/mol. The summed E-state index contributed by atoms with van der Waals surface area (Å²) >= 11 is 1.32. The van der Waals surface area contributed by atoms with Crippen molar-refractivity contribution in [2.75, 3.05) is 14.1 Å². The van der Waals surface area contributed by atoms with Gasteiger partial charge in [0.1, 0.15) is 11.6 Å². The Morgan fingerprint density at radius 3 is 2.75 bits per heavy atom. The second kappa shape index (κ2) is 8.00. The summed E-state index contributed by atoms with van der Waals surface area (Å²) in [6.07, 6.45) is 2.17. The van der Waals surface area contributed by atoms with Gasteiger partial charge in [-0.25, -0.2) is 0 Å². The molecule has 0 unspecified atom stereocenters. The number of amides is 2. The zero-order chi connectivity index (χ0) is 17.7. The summed E-state index contributed by atoms with van der Waals surface area (Å²) in [7, 11) is 3.43. The molecule has 2 amide bonds. The fourth-order valence-electron chi connectivity index (χ4n) is 2.12. The van der Waals surface area contributed by atoms with Gasteiger partial charge in [0, 0.05) is 26.9 Å². The average Bonchev–Trinajstić information content (AvgIpc) is 3.16.